The highest BCUT2D eigenvalue weighted by Gasteiger charge is 2.02. The van der Waals surface area contributed by atoms with Gasteiger partial charge in [-0.15, -0.1) is 5.10 Å². The fraction of sp³-hybridized carbons (Fsp3) is 0.375. The molecule has 0 radical (unpaired) electrons. The van der Waals surface area contributed by atoms with Crippen molar-refractivity contribution >= 4 is 17.3 Å². The Kier molecular flexibility index (Phi) is 3.10. The van der Waals surface area contributed by atoms with Gasteiger partial charge in [0.2, 0.25) is 0 Å². The first-order chi connectivity index (χ1) is 5.68. The molecule has 1 aromatic rings. The molecule has 4 heteroatoms. The van der Waals surface area contributed by atoms with Crippen LogP contribution in [0.25, 0.3) is 0 Å². The van der Waals surface area contributed by atoms with E-state index in [2.05, 4.69) is 9.59 Å². The normalized spacial score (nSPS) is 9.50. The van der Waals surface area contributed by atoms with E-state index in [1.165, 1.54) is 11.5 Å². The summed E-state index contributed by atoms with van der Waals surface area (Å²) in [5, 5.41) is 5.57. The summed E-state index contributed by atoms with van der Waals surface area (Å²) in [6.45, 7) is 3.80. The first-order valence-electron chi connectivity index (χ1n) is 3.62. The average molecular weight is 182 g/mol. The highest BCUT2D eigenvalue weighted by atomic mass is 32.1. The number of hydrogen-bond donors (Lipinski definition) is 0. The third-order valence-corrected chi connectivity index (χ3v) is 1.76. The maximum atomic E-state index is 11.2. The summed E-state index contributed by atoms with van der Waals surface area (Å²) in [7, 11) is 0. The summed E-state index contributed by atoms with van der Waals surface area (Å²) in [4.78, 5) is 11.2. The minimum atomic E-state index is 0.0858. The molecule has 1 aromatic heterocycles. The van der Waals surface area contributed by atoms with Gasteiger partial charge in [-0.3, -0.25) is 4.79 Å². The molecule has 64 valence electrons. The predicted octanol–water partition coefficient (Wildman–Crippen LogP) is 1.62. The second-order valence-corrected chi connectivity index (χ2v) is 3.37. The van der Waals surface area contributed by atoms with Crippen LogP contribution in [0.15, 0.2) is 17.0 Å². The minimum Gasteiger partial charge on any atom is -0.294 e. The molecule has 0 aromatic carbocycles. The molecule has 0 saturated carbocycles. The Balaban J connectivity index is 2.54. The van der Waals surface area contributed by atoms with Crippen LogP contribution in [0.5, 0.6) is 0 Å². The van der Waals surface area contributed by atoms with E-state index >= 15 is 0 Å². The largest absolute Gasteiger partial charge is 0.294 e. The van der Waals surface area contributed by atoms with Gasteiger partial charge in [0, 0.05) is 5.38 Å². The van der Waals surface area contributed by atoms with Gasteiger partial charge >= 0.3 is 0 Å². The molecule has 0 atom stereocenters. The summed E-state index contributed by atoms with van der Waals surface area (Å²) < 4.78 is 3.67. The molecular weight excluding hydrogens is 172 g/mol. The third-order valence-electron chi connectivity index (χ3n) is 1.21. The second-order valence-electron chi connectivity index (χ2n) is 2.76. The zero-order chi connectivity index (χ0) is 8.97. The Labute approximate surface area is 75.3 Å². The van der Waals surface area contributed by atoms with E-state index < -0.39 is 0 Å². The van der Waals surface area contributed by atoms with Crippen LogP contribution < -0.4 is 0 Å². The van der Waals surface area contributed by atoms with E-state index in [-0.39, 0.29) is 5.78 Å². The van der Waals surface area contributed by atoms with Crippen molar-refractivity contribution in [3.8, 4) is 0 Å². The minimum absolute atomic E-state index is 0.0858. The van der Waals surface area contributed by atoms with Gasteiger partial charge < -0.3 is 0 Å². The fourth-order valence-electron chi connectivity index (χ4n) is 0.813. The molecule has 0 N–H and O–H groups in total. The molecule has 0 unspecified atom stereocenters. The molecule has 0 bridgehead atoms. The Morgan fingerprint density at radius 1 is 1.67 bits per heavy atom. The van der Waals surface area contributed by atoms with Crippen LogP contribution in [0.1, 0.15) is 19.5 Å². The number of carbonyl (C=O) groups excluding carboxylic acids is 1. The molecule has 1 heterocycles. The maximum Gasteiger partial charge on any atom is 0.161 e. The van der Waals surface area contributed by atoms with Crippen LogP contribution in [0.2, 0.25) is 0 Å². The molecule has 0 aliphatic carbocycles. The smallest absolute Gasteiger partial charge is 0.161 e. The molecule has 0 fully saturated rings. The Bertz CT molecular complexity index is 286. The third kappa shape index (κ3) is 2.92. The van der Waals surface area contributed by atoms with E-state index in [0.717, 1.165) is 11.3 Å². The van der Waals surface area contributed by atoms with E-state index in [0.29, 0.717) is 6.42 Å². The van der Waals surface area contributed by atoms with Crippen LogP contribution in [0.4, 0.5) is 0 Å². The van der Waals surface area contributed by atoms with Crippen molar-refractivity contribution in [1.29, 1.82) is 0 Å². The van der Waals surface area contributed by atoms with Gasteiger partial charge in [0.15, 0.2) is 5.78 Å². The first-order valence-corrected chi connectivity index (χ1v) is 4.46. The zero-order valence-electron chi connectivity index (χ0n) is 7.07. The van der Waals surface area contributed by atoms with Crippen molar-refractivity contribution in [3.05, 3.63) is 22.7 Å². The lowest BCUT2D eigenvalue weighted by molar-refractivity contribution is -0.114. The predicted molar refractivity (Wildman–Crippen MR) is 48.1 cm³/mol. The monoisotopic (exact) mass is 182 g/mol. The number of aromatic nitrogens is 2. The van der Waals surface area contributed by atoms with Crippen LogP contribution in [0.3, 0.4) is 0 Å². The SMILES string of the molecule is CC(C)=CC(=O)Cc1csnn1. The molecule has 12 heavy (non-hydrogen) atoms. The van der Waals surface area contributed by atoms with Gasteiger partial charge in [-0.05, 0) is 31.5 Å². The summed E-state index contributed by atoms with van der Waals surface area (Å²) >= 11 is 1.27. The van der Waals surface area contributed by atoms with Crippen molar-refractivity contribution in [2.75, 3.05) is 0 Å². The Morgan fingerprint density at radius 2 is 2.42 bits per heavy atom. The van der Waals surface area contributed by atoms with Crippen LogP contribution >= 0.6 is 11.5 Å². The molecule has 0 spiro atoms. The lowest BCUT2D eigenvalue weighted by Gasteiger charge is -1.90. The number of rotatable bonds is 3. The van der Waals surface area contributed by atoms with Gasteiger partial charge in [-0.2, -0.15) is 0 Å². The van der Waals surface area contributed by atoms with E-state index in [9.17, 15) is 4.79 Å². The van der Waals surface area contributed by atoms with Gasteiger partial charge in [-0.25, -0.2) is 0 Å². The Morgan fingerprint density at radius 3 is 2.92 bits per heavy atom. The number of hydrogen-bond acceptors (Lipinski definition) is 4. The average Bonchev–Trinajstić information content (AvgIpc) is 2.37. The molecule has 3 nitrogen and oxygen atoms in total. The van der Waals surface area contributed by atoms with E-state index in [1.54, 1.807) is 11.5 Å². The number of ketones is 1. The van der Waals surface area contributed by atoms with Crippen molar-refractivity contribution < 1.29 is 4.79 Å². The topological polar surface area (TPSA) is 42.9 Å². The summed E-state index contributed by atoms with van der Waals surface area (Å²) in [5.41, 5.74) is 1.77. The summed E-state index contributed by atoms with van der Waals surface area (Å²) in [6.07, 6.45) is 1.99. The lowest BCUT2D eigenvalue weighted by Crippen LogP contribution is -1.99. The highest BCUT2D eigenvalue weighted by Crippen LogP contribution is 2.00. The van der Waals surface area contributed by atoms with E-state index in [1.807, 2.05) is 13.8 Å². The second kappa shape index (κ2) is 4.11. The molecular formula is C8H10N2OS. The standard InChI is InChI=1S/C8H10N2OS/c1-6(2)3-8(11)4-7-5-12-10-9-7/h3,5H,4H2,1-2H3. The molecule has 0 amide bonds. The fourth-order valence-corrected chi connectivity index (χ4v) is 1.26. The zero-order valence-corrected chi connectivity index (χ0v) is 7.89. The Hall–Kier alpha value is -1.03. The first kappa shape index (κ1) is 9.06. The van der Waals surface area contributed by atoms with Gasteiger partial charge in [0.05, 0.1) is 12.1 Å². The summed E-state index contributed by atoms with van der Waals surface area (Å²) in [5.74, 6) is 0.0858. The molecule has 0 saturated heterocycles. The molecule has 1 rings (SSSR count). The van der Waals surface area contributed by atoms with Crippen molar-refractivity contribution in [3.63, 3.8) is 0 Å². The molecule has 0 aliphatic rings. The van der Waals surface area contributed by atoms with Crippen molar-refractivity contribution in [1.82, 2.24) is 9.59 Å². The lowest BCUT2D eigenvalue weighted by atomic mass is 10.2. The number of carbonyl (C=O) groups is 1. The summed E-state index contributed by atoms with van der Waals surface area (Å²) in [6, 6.07) is 0. The maximum absolute atomic E-state index is 11.2. The molecule has 0 aliphatic heterocycles. The van der Waals surface area contributed by atoms with Crippen LogP contribution in [0, 0.1) is 0 Å². The van der Waals surface area contributed by atoms with Gasteiger partial charge in [0.1, 0.15) is 0 Å². The van der Waals surface area contributed by atoms with Gasteiger partial charge in [-0.1, -0.05) is 10.1 Å². The van der Waals surface area contributed by atoms with Crippen molar-refractivity contribution in [2.24, 2.45) is 0 Å². The van der Waals surface area contributed by atoms with Crippen molar-refractivity contribution in [2.45, 2.75) is 20.3 Å². The van der Waals surface area contributed by atoms with Gasteiger partial charge in [0.25, 0.3) is 0 Å². The highest BCUT2D eigenvalue weighted by molar-refractivity contribution is 7.03. The number of nitrogens with zero attached hydrogens (tertiary/aromatic N) is 2. The van der Waals surface area contributed by atoms with Crippen LogP contribution in [-0.4, -0.2) is 15.4 Å². The quantitative estimate of drug-likeness (QED) is 0.667. The number of allylic oxidation sites excluding steroid dienone is 2. The van der Waals surface area contributed by atoms with E-state index in [4.69, 9.17) is 0 Å². The van der Waals surface area contributed by atoms with Crippen LogP contribution in [-0.2, 0) is 11.2 Å².